The lowest BCUT2D eigenvalue weighted by molar-refractivity contribution is 0.483. The number of hydrogen-bond acceptors (Lipinski definition) is 4. The Labute approximate surface area is 127 Å². The van der Waals surface area contributed by atoms with E-state index < -0.39 is 0 Å². The second-order valence-corrected chi connectivity index (χ2v) is 5.14. The lowest BCUT2D eigenvalue weighted by Gasteiger charge is -2.32. The molecule has 1 aliphatic rings. The SMILES string of the molecule is NC1=c2ccoc2=NC(c2ccccc2)N1c1ccccc1. The van der Waals surface area contributed by atoms with Crippen LogP contribution in [0.1, 0.15) is 11.7 Å². The van der Waals surface area contributed by atoms with Crippen molar-refractivity contribution in [2.75, 3.05) is 4.90 Å². The first kappa shape index (κ1) is 12.7. The van der Waals surface area contributed by atoms with E-state index in [-0.39, 0.29) is 6.17 Å². The van der Waals surface area contributed by atoms with E-state index in [1.165, 1.54) is 0 Å². The van der Waals surface area contributed by atoms with E-state index in [0.29, 0.717) is 11.4 Å². The molecule has 0 radical (unpaired) electrons. The van der Waals surface area contributed by atoms with E-state index in [2.05, 4.69) is 0 Å². The summed E-state index contributed by atoms with van der Waals surface area (Å²) in [5.74, 6) is 0.652. The zero-order valence-corrected chi connectivity index (χ0v) is 11.9. The molecule has 108 valence electrons. The van der Waals surface area contributed by atoms with E-state index in [1.54, 1.807) is 6.26 Å². The van der Waals surface area contributed by atoms with Crippen molar-refractivity contribution in [3.05, 3.63) is 89.3 Å². The molecular weight excluding hydrogens is 274 g/mol. The summed E-state index contributed by atoms with van der Waals surface area (Å²) >= 11 is 0. The van der Waals surface area contributed by atoms with Gasteiger partial charge in [0.25, 0.3) is 0 Å². The highest BCUT2D eigenvalue weighted by Crippen LogP contribution is 2.31. The molecule has 2 aromatic carbocycles. The number of fused-ring (bicyclic) bond motifs is 1. The summed E-state index contributed by atoms with van der Waals surface area (Å²) in [7, 11) is 0. The van der Waals surface area contributed by atoms with Gasteiger partial charge in [-0.05, 0) is 23.8 Å². The van der Waals surface area contributed by atoms with E-state index in [4.69, 9.17) is 15.1 Å². The molecule has 2 heterocycles. The van der Waals surface area contributed by atoms with Crippen molar-refractivity contribution in [1.29, 1.82) is 0 Å². The van der Waals surface area contributed by atoms with Crippen LogP contribution in [0.5, 0.6) is 0 Å². The minimum Gasteiger partial charge on any atom is -0.446 e. The molecule has 0 saturated heterocycles. The van der Waals surface area contributed by atoms with E-state index in [1.807, 2.05) is 71.6 Å². The number of para-hydroxylation sites is 1. The number of rotatable bonds is 2. The Hall–Kier alpha value is -3.01. The fourth-order valence-corrected chi connectivity index (χ4v) is 2.74. The summed E-state index contributed by atoms with van der Waals surface area (Å²) in [5.41, 5.74) is 9.07. The van der Waals surface area contributed by atoms with E-state index in [9.17, 15) is 0 Å². The number of nitrogens with two attached hydrogens (primary N) is 1. The lowest BCUT2D eigenvalue weighted by Crippen LogP contribution is -2.43. The van der Waals surface area contributed by atoms with Crippen LogP contribution in [0, 0.1) is 0 Å². The van der Waals surface area contributed by atoms with Gasteiger partial charge in [-0.2, -0.15) is 0 Å². The second-order valence-electron chi connectivity index (χ2n) is 5.14. The number of hydrogen-bond donors (Lipinski definition) is 1. The molecule has 4 nitrogen and oxygen atoms in total. The number of nitrogens with zero attached hydrogens (tertiary/aromatic N) is 2. The predicted octanol–water partition coefficient (Wildman–Crippen LogP) is 2.14. The van der Waals surface area contributed by atoms with Crippen molar-refractivity contribution in [2.24, 2.45) is 10.7 Å². The smallest absolute Gasteiger partial charge is 0.227 e. The van der Waals surface area contributed by atoms with Crippen molar-refractivity contribution in [1.82, 2.24) is 0 Å². The van der Waals surface area contributed by atoms with Crippen LogP contribution in [-0.2, 0) is 0 Å². The van der Waals surface area contributed by atoms with Gasteiger partial charge in [-0.1, -0.05) is 48.5 Å². The third kappa shape index (κ3) is 1.97. The fourth-order valence-electron chi connectivity index (χ4n) is 2.74. The monoisotopic (exact) mass is 289 g/mol. The molecule has 0 fully saturated rings. The summed E-state index contributed by atoms with van der Waals surface area (Å²) in [4.78, 5) is 6.78. The molecule has 4 rings (SSSR count). The Bertz CT molecular complexity index is 900. The van der Waals surface area contributed by atoms with Crippen molar-refractivity contribution >= 4 is 11.5 Å². The minimum atomic E-state index is -0.234. The minimum absolute atomic E-state index is 0.234. The van der Waals surface area contributed by atoms with Crippen molar-refractivity contribution in [3.8, 4) is 0 Å². The molecule has 1 aliphatic heterocycles. The summed E-state index contributed by atoms with van der Waals surface area (Å²) in [5, 5.41) is 0.830. The van der Waals surface area contributed by atoms with E-state index >= 15 is 0 Å². The first-order valence-electron chi connectivity index (χ1n) is 7.15. The first-order valence-corrected chi connectivity index (χ1v) is 7.15. The van der Waals surface area contributed by atoms with Gasteiger partial charge < -0.3 is 15.1 Å². The highest BCUT2D eigenvalue weighted by Gasteiger charge is 2.26. The molecule has 0 bridgehead atoms. The van der Waals surface area contributed by atoms with Crippen LogP contribution in [0.3, 0.4) is 0 Å². The van der Waals surface area contributed by atoms with Crippen LogP contribution < -0.4 is 21.4 Å². The molecule has 0 amide bonds. The normalized spacial score (nSPS) is 17.0. The maximum Gasteiger partial charge on any atom is 0.227 e. The van der Waals surface area contributed by atoms with E-state index in [0.717, 1.165) is 16.5 Å². The van der Waals surface area contributed by atoms with Crippen molar-refractivity contribution < 1.29 is 4.42 Å². The Kier molecular flexibility index (Phi) is 2.93. The molecule has 0 spiro atoms. The van der Waals surface area contributed by atoms with Crippen LogP contribution in [0.15, 0.2) is 82.4 Å². The Morgan fingerprint density at radius 1 is 0.909 bits per heavy atom. The summed E-state index contributed by atoms with van der Waals surface area (Å²) < 4.78 is 5.47. The average molecular weight is 289 g/mol. The van der Waals surface area contributed by atoms with Gasteiger partial charge in [0.1, 0.15) is 5.82 Å². The van der Waals surface area contributed by atoms with Crippen LogP contribution in [0.25, 0.3) is 5.82 Å². The largest absolute Gasteiger partial charge is 0.446 e. The van der Waals surface area contributed by atoms with Crippen LogP contribution in [0.2, 0.25) is 0 Å². The fraction of sp³-hybridized carbons (Fsp3) is 0.0556. The zero-order chi connectivity index (χ0) is 14.9. The topological polar surface area (TPSA) is 54.8 Å². The summed E-state index contributed by atoms with van der Waals surface area (Å²) in [6.07, 6.45) is 1.39. The summed E-state index contributed by atoms with van der Waals surface area (Å²) in [6.45, 7) is 0. The maximum atomic E-state index is 6.42. The summed E-state index contributed by atoms with van der Waals surface area (Å²) in [6, 6.07) is 22.0. The molecule has 0 aliphatic carbocycles. The molecule has 2 N–H and O–H groups in total. The van der Waals surface area contributed by atoms with Gasteiger partial charge in [0.15, 0.2) is 6.17 Å². The lowest BCUT2D eigenvalue weighted by atomic mass is 10.1. The highest BCUT2D eigenvalue weighted by atomic mass is 16.3. The van der Waals surface area contributed by atoms with Crippen LogP contribution >= 0.6 is 0 Å². The second kappa shape index (κ2) is 5.07. The van der Waals surface area contributed by atoms with Gasteiger partial charge in [0, 0.05) is 5.69 Å². The van der Waals surface area contributed by atoms with Gasteiger partial charge >= 0.3 is 0 Å². The molecule has 1 atom stereocenters. The molecular formula is C18H15N3O. The quantitative estimate of drug-likeness (QED) is 0.786. The van der Waals surface area contributed by atoms with Gasteiger partial charge in [0.2, 0.25) is 5.55 Å². The molecule has 22 heavy (non-hydrogen) atoms. The Morgan fingerprint density at radius 3 is 2.32 bits per heavy atom. The molecule has 3 aromatic rings. The van der Waals surface area contributed by atoms with Gasteiger partial charge in [-0.25, -0.2) is 4.99 Å². The maximum absolute atomic E-state index is 6.42. The Morgan fingerprint density at radius 2 is 1.59 bits per heavy atom. The highest BCUT2D eigenvalue weighted by molar-refractivity contribution is 5.68. The van der Waals surface area contributed by atoms with Crippen LogP contribution in [0.4, 0.5) is 5.69 Å². The van der Waals surface area contributed by atoms with Gasteiger partial charge in [-0.3, -0.25) is 0 Å². The molecule has 0 saturated carbocycles. The van der Waals surface area contributed by atoms with Crippen molar-refractivity contribution in [2.45, 2.75) is 6.17 Å². The van der Waals surface area contributed by atoms with Gasteiger partial charge in [0.05, 0.1) is 11.5 Å². The third-order valence-electron chi connectivity index (χ3n) is 3.80. The standard InChI is InChI=1S/C18H15N3O/c19-16-15-11-12-22-18(15)20-17(13-7-3-1-4-8-13)21(16)14-9-5-2-6-10-14/h1-12,17H,19H2. The number of anilines is 1. The number of benzene rings is 2. The zero-order valence-electron chi connectivity index (χ0n) is 11.9. The first-order chi connectivity index (χ1) is 10.8. The average Bonchev–Trinajstić information content (AvgIpc) is 3.05. The van der Waals surface area contributed by atoms with Crippen LogP contribution in [-0.4, -0.2) is 0 Å². The molecule has 4 heteroatoms. The van der Waals surface area contributed by atoms with Crippen molar-refractivity contribution in [3.63, 3.8) is 0 Å². The third-order valence-corrected chi connectivity index (χ3v) is 3.80. The molecule has 1 aromatic heterocycles. The van der Waals surface area contributed by atoms with Gasteiger partial charge in [-0.15, -0.1) is 0 Å². The Balaban J connectivity index is 1.96. The molecule has 1 unspecified atom stereocenters. The number of furan rings is 1. The predicted molar refractivity (Wildman–Crippen MR) is 85.2 cm³/mol.